The molecule has 1 aromatic rings. The Labute approximate surface area is 99.0 Å². The van der Waals surface area contributed by atoms with Gasteiger partial charge in [-0.25, -0.2) is 0 Å². The van der Waals surface area contributed by atoms with Crippen molar-refractivity contribution in [3.63, 3.8) is 0 Å². The van der Waals surface area contributed by atoms with Crippen LogP contribution in [0.1, 0.15) is 25.3 Å². The number of methoxy groups -OCH3 is 1. The lowest BCUT2D eigenvalue weighted by Gasteiger charge is -2.19. The minimum Gasteiger partial charge on any atom is -0.382 e. The monoisotopic (exact) mass is 221 g/mol. The number of aryl methyl sites for hydroxylation is 1. The molecule has 0 spiro atoms. The molecule has 2 atom stereocenters. The van der Waals surface area contributed by atoms with Gasteiger partial charge in [0.1, 0.15) is 0 Å². The molecule has 0 radical (unpaired) electrons. The van der Waals surface area contributed by atoms with Gasteiger partial charge in [-0.1, -0.05) is 30.3 Å². The Morgan fingerprint density at radius 2 is 1.94 bits per heavy atom. The SMILES string of the molecule is CNC(CCc1ccccc1)CC(C)OC. The lowest BCUT2D eigenvalue weighted by molar-refractivity contribution is 0.100. The van der Waals surface area contributed by atoms with Crippen LogP contribution >= 0.6 is 0 Å². The topological polar surface area (TPSA) is 21.3 Å². The van der Waals surface area contributed by atoms with E-state index in [-0.39, 0.29) is 0 Å². The molecule has 1 aromatic carbocycles. The van der Waals surface area contributed by atoms with Crippen LogP contribution in [-0.2, 0) is 11.2 Å². The van der Waals surface area contributed by atoms with Crippen molar-refractivity contribution in [1.82, 2.24) is 5.32 Å². The molecule has 0 aliphatic rings. The minimum atomic E-state index is 0.327. The van der Waals surface area contributed by atoms with Crippen molar-refractivity contribution in [1.29, 1.82) is 0 Å². The van der Waals surface area contributed by atoms with Gasteiger partial charge in [0.25, 0.3) is 0 Å². The molecule has 0 aliphatic heterocycles. The first-order valence-electron chi connectivity index (χ1n) is 6.00. The molecule has 0 saturated carbocycles. The van der Waals surface area contributed by atoms with Crippen molar-refractivity contribution >= 4 is 0 Å². The molecule has 1 rings (SSSR count). The van der Waals surface area contributed by atoms with Crippen molar-refractivity contribution in [3.05, 3.63) is 35.9 Å². The van der Waals surface area contributed by atoms with Crippen LogP contribution in [0.25, 0.3) is 0 Å². The summed E-state index contributed by atoms with van der Waals surface area (Å²) in [5.74, 6) is 0. The summed E-state index contributed by atoms with van der Waals surface area (Å²) >= 11 is 0. The largest absolute Gasteiger partial charge is 0.382 e. The van der Waals surface area contributed by atoms with E-state index >= 15 is 0 Å². The summed E-state index contributed by atoms with van der Waals surface area (Å²) in [6.45, 7) is 2.12. The predicted octanol–water partition coefficient (Wildman–Crippen LogP) is 2.63. The van der Waals surface area contributed by atoms with Gasteiger partial charge in [0.2, 0.25) is 0 Å². The van der Waals surface area contributed by atoms with Gasteiger partial charge in [-0.3, -0.25) is 0 Å². The van der Waals surface area contributed by atoms with Crippen LogP contribution in [0.3, 0.4) is 0 Å². The molecule has 0 amide bonds. The van der Waals surface area contributed by atoms with Crippen LogP contribution in [0, 0.1) is 0 Å². The molecule has 0 bridgehead atoms. The summed E-state index contributed by atoms with van der Waals surface area (Å²) < 4.78 is 5.29. The minimum absolute atomic E-state index is 0.327. The summed E-state index contributed by atoms with van der Waals surface area (Å²) in [6, 6.07) is 11.2. The van der Waals surface area contributed by atoms with Crippen LogP contribution in [0.15, 0.2) is 30.3 Å². The Morgan fingerprint density at radius 1 is 1.25 bits per heavy atom. The second-order valence-corrected chi connectivity index (χ2v) is 4.29. The van der Waals surface area contributed by atoms with Gasteiger partial charge in [-0.15, -0.1) is 0 Å². The second kappa shape index (κ2) is 7.42. The average molecular weight is 221 g/mol. The molecule has 1 N–H and O–H groups in total. The maximum Gasteiger partial charge on any atom is 0.0558 e. The summed E-state index contributed by atoms with van der Waals surface area (Å²) in [7, 11) is 3.80. The molecular weight excluding hydrogens is 198 g/mol. The molecule has 90 valence electrons. The molecule has 0 aliphatic carbocycles. The molecule has 0 aromatic heterocycles. The Hall–Kier alpha value is -0.860. The van der Waals surface area contributed by atoms with Crippen molar-refractivity contribution in [2.24, 2.45) is 0 Å². The Balaban J connectivity index is 2.34. The molecular formula is C14H23NO. The number of rotatable bonds is 7. The number of hydrogen-bond acceptors (Lipinski definition) is 2. The first-order valence-corrected chi connectivity index (χ1v) is 6.00. The van der Waals surface area contributed by atoms with E-state index in [1.54, 1.807) is 7.11 Å². The number of ether oxygens (including phenoxy) is 1. The van der Waals surface area contributed by atoms with Gasteiger partial charge in [0, 0.05) is 13.2 Å². The molecule has 0 fully saturated rings. The molecule has 0 saturated heterocycles. The van der Waals surface area contributed by atoms with E-state index < -0.39 is 0 Å². The van der Waals surface area contributed by atoms with E-state index in [2.05, 4.69) is 42.6 Å². The third-order valence-corrected chi connectivity index (χ3v) is 3.05. The van der Waals surface area contributed by atoms with Crippen molar-refractivity contribution in [2.75, 3.05) is 14.2 Å². The summed E-state index contributed by atoms with van der Waals surface area (Å²) in [5, 5.41) is 3.36. The highest BCUT2D eigenvalue weighted by atomic mass is 16.5. The Bertz CT molecular complexity index is 273. The fourth-order valence-corrected chi connectivity index (χ4v) is 1.86. The third kappa shape index (κ3) is 4.77. The van der Waals surface area contributed by atoms with Crippen molar-refractivity contribution < 1.29 is 4.74 Å². The van der Waals surface area contributed by atoms with Gasteiger partial charge >= 0.3 is 0 Å². The van der Waals surface area contributed by atoms with E-state index in [9.17, 15) is 0 Å². The van der Waals surface area contributed by atoms with E-state index in [1.807, 2.05) is 7.05 Å². The summed E-state index contributed by atoms with van der Waals surface area (Å²) in [4.78, 5) is 0. The van der Waals surface area contributed by atoms with Gasteiger partial charge in [0.05, 0.1) is 6.10 Å². The zero-order valence-corrected chi connectivity index (χ0v) is 10.6. The third-order valence-electron chi connectivity index (χ3n) is 3.05. The number of benzene rings is 1. The zero-order valence-electron chi connectivity index (χ0n) is 10.6. The fourth-order valence-electron chi connectivity index (χ4n) is 1.86. The highest BCUT2D eigenvalue weighted by Crippen LogP contribution is 2.09. The predicted molar refractivity (Wildman–Crippen MR) is 68.7 cm³/mol. The Kier molecular flexibility index (Phi) is 6.12. The highest BCUT2D eigenvalue weighted by molar-refractivity contribution is 5.14. The molecule has 0 heterocycles. The zero-order chi connectivity index (χ0) is 11.8. The van der Waals surface area contributed by atoms with Crippen LogP contribution in [-0.4, -0.2) is 26.3 Å². The van der Waals surface area contributed by atoms with Crippen LogP contribution in [0.2, 0.25) is 0 Å². The van der Waals surface area contributed by atoms with Gasteiger partial charge < -0.3 is 10.1 Å². The molecule has 2 nitrogen and oxygen atoms in total. The first kappa shape index (κ1) is 13.2. The summed E-state index contributed by atoms with van der Waals surface area (Å²) in [6.07, 6.45) is 3.69. The van der Waals surface area contributed by atoms with Crippen LogP contribution in [0.5, 0.6) is 0 Å². The molecule has 2 unspecified atom stereocenters. The van der Waals surface area contributed by atoms with Crippen molar-refractivity contribution in [3.8, 4) is 0 Å². The van der Waals surface area contributed by atoms with Crippen LogP contribution in [0.4, 0.5) is 0 Å². The number of hydrogen-bond donors (Lipinski definition) is 1. The summed E-state index contributed by atoms with van der Waals surface area (Å²) in [5.41, 5.74) is 1.41. The molecule has 16 heavy (non-hydrogen) atoms. The van der Waals surface area contributed by atoms with E-state index in [4.69, 9.17) is 4.74 Å². The molecule has 2 heteroatoms. The lowest BCUT2D eigenvalue weighted by atomic mass is 10.0. The second-order valence-electron chi connectivity index (χ2n) is 4.29. The highest BCUT2D eigenvalue weighted by Gasteiger charge is 2.10. The first-order chi connectivity index (χ1) is 7.76. The van der Waals surface area contributed by atoms with E-state index in [0.717, 1.165) is 19.3 Å². The lowest BCUT2D eigenvalue weighted by Crippen LogP contribution is -2.30. The quantitative estimate of drug-likeness (QED) is 0.764. The Morgan fingerprint density at radius 3 is 2.50 bits per heavy atom. The maximum atomic E-state index is 5.29. The normalized spacial score (nSPS) is 14.7. The van der Waals surface area contributed by atoms with Gasteiger partial charge in [-0.2, -0.15) is 0 Å². The maximum absolute atomic E-state index is 5.29. The fraction of sp³-hybridized carbons (Fsp3) is 0.571. The van der Waals surface area contributed by atoms with Gasteiger partial charge in [0.15, 0.2) is 0 Å². The smallest absolute Gasteiger partial charge is 0.0558 e. The van der Waals surface area contributed by atoms with E-state index in [0.29, 0.717) is 12.1 Å². The van der Waals surface area contributed by atoms with Crippen molar-refractivity contribution in [2.45, 2.75) is 38.3 Å². The van der Waals surface area contributed by atoms with E-state index in [1.165, 1.54) is 5.56 Å². The standard InChI is InChI=1S/C14H23NO/c1-12(16-3)11-14(15-2)10-9-13-7-5-4-6-8-13/h4-8,12,14-15H,9-11H2,1-3H3. The average Bonchev–Trinajstić information content (AvgIpc) is 2.35. The van der Waals surface area contributed by atoms with Gasteiger partial charge in [-0.05, 0) is 38.8 Å². The number of nitrogens with one attached hydrogen (secondary N) is 1. The van der Waals surface area contributed by atoms with Crippen LogP contribution < -0.4 is 5.32 Å².